The number of aliphatic hydroxyl groups is 1. The highest BCUT2D eigenvalue weighted by atomic mass is 31.2. The number of carbonyl (C=O) groups excluding carboxylic acids is 3. The third kappa shape index (κ3) is 16.1. The van der Waals surface area contributed by atoms with E-state index >= 15 is 0 Å². The molecular weight excluding hydrogens is 539 g/mol. The van der Waals surface area contributed by atoms with Crippen LogP contribution in [0.2, 0.25) is 0 Å². The largest absolute Gasteiger partial charge is 0.444 e. The number of alkyl carbamates (subject to hydrolysis) is 1. The number of amides is 2. The second-order valence-electron chi connectivity index (χ2n) is 11.0. The number of rotatable bonds is 21. The predicted molar refractivity (Wildman–Crippen MR) is 156 cm³/mol. The van der Waals surface area contributed by atoms with E-state index in [4.69, 9.17) is 18.5 Å². The quantitative estimate of drug-likeness (QED) is 0.115. The van der Waals surface area contributed by atoms with Crippen molar-refractivity contribution in [1.82, 2.24) is 10.6 Å². The molecule has 0 bridgehead atoms. The van der Waals surface area contributed by atoms with Crippen molar-refractivity contribution in [1.29, 1.82) is 0 Å². The summed E-state index contributed by atoms with van der Waals surface area (Å²) in [6, 6.07) is 0. The molecule has 2 amide bonds. The minimum absolute atomic E-state index is 0.0444. The zero-order valence-corrected chi connectivity index (χ0v) is 26.0. The number of aliphatic hydroxyl groups excluding tert-OH is 1. The zero-order chi connectivity index (χ0) is 30.1. The van der Waals surface area contributed by atoms with Gasteiger partial charge in [-0.3, -0.25) is 9.59 Å². The van der Waals surface area contributed by atoms with Gasteiger partial charge >= 0.3 is 6.09 Å². The van der Waals surface area contributed by atoms with Crippen LogP contribution in [0.15, 0.2) is 0 Å². The van der Waals surface area contributed by atoms with Crippen LogP contribution in [-0.4, -0.2) is 84.8 Å². The topological polar surface area (TPSA) is 153 Å². The van der Waals surface area contributed by atoms with Gasteiger partial charge in [-0.25, -0.2) is 4.79 Å². The summed E-state index contributed by atoms with van der Waals surface area (Å²) in [4.78, 5) is 46.2. The van der Waals surface area contributed by atoms with Crippen molar-refractivity contribution in [2.75, 3.05) is 26.3 Å². The lowest BCUT2D eigenvalue weighted by Gasteiger charge is -2.27. The van der Waals surface area contributed by atoms with Crippen molar-refractivity contribution in [3.63, 3.8) is 0 Å². The summed E-state index contributed by atoms with van der Waals surface area (Å²) in [5.41, 5.74) is 0. The average Bonchev–Trinajstić information content (AvgIpc) is 3.23. The van der Waals surface area contributed by atoms with E-state index in [2.05, 4.69) is 30.8 Å². The molecule has 1 saturated heterocycles. The number of nitrogens with one attached hydrogen (secondary N) is 2. The van der Waals surface area contributed by atoms with Gasteiger partial charge in [-0.2, -0.15) is 0 Å². The Balaban J connectivity index is 2.37. The molecule has 4 N–H and O–H groups in total. The van der Waals surface area contributed by atoms with Crippen molar-refractivity contribution in [2.24, 2.45) is 11.8 Å². The van der Waals surface area contributed by atoms with Crippen molar-refractivity contribution < 1.29 is 42.9 Å². The standard InChI is InChI=1S/C28H53N2O9P/c1-7-23(32)12-13-24(17-30-27(33)8-2)38-28(34)29-14-10-9-11-22(18-31)19-36-40(6,35)39-26-16-21(5)37-25(26)15-20(3)4/h20-22,24-26,31,35H,6-19H2,1-5H3,(H,29,34)(H,30,33). The van der Waals surface area contributed by atoms with Crippen LogP contribution >= 0.6 is 7.57 Å². The first-order valence-corrected chi connectivity index (χ1v) is 16.4. The van der Waals surface area contributed by atoms with Gasteiger partial charge in [0.05, 0.1) is 31.5 Å². The van der Waals surface area contributed by atoms with Gasteiger partial charge < -0.3 is 39.2 Å². The molecule has 1 aliphatic rings. The lowest BCUT2D eigenvalue weighted by Crippen LogP contribution is -2.37. The molecular formula is C28H53N2O9P. The van der Waals surface area contributed by atoms with E-state index in [0.717, 1.165) is 6.42 Å². The van der Waals surface area contributed by atoms with Crippen LogP contribution in [0.4, 0.5) is 4.79 Å². The van der Waals surface area contributed by atoms with Crippen LogP contribution in [0.1, 0.15) is 92.4 Å². The molecule has 0 aromatic rings. The number of ketones is 1. The van der Waals surface area contributed by atoms with Crippen LogP contribution < -0.4 is 10.6 Å². The summed E-state index contributed by atoms with van der Waals surface area (Å²) < 4.78 is 22.9. The number of carbonyl (C=O) groups is 3. The number of unbranched alkanes of at least 4 members (excludes halogenated alkanes) is 1. The van der Waals surface area contributed by atoms with E-state index < -0.39 is 19.8 Å². The maximum absolute atomic E-state index is 12.2. The lowest BCUT2D eigenvalue weighted by molar-refractivity contribution is -0.121. The van der Waals surface area contributed by atoms with E-state index in [1.54, 1.807) is 13.8 Å². The van der Waals surface area contributed by atoms with Crippen LogP contribution in [0, 0.1) is 11.8 Å². The van der Waals surface area contributed by atoms with Crippen molar-refractivity contribution in [3.05, 3.63) is 0 Å². The fraction of sp³-hybridized carbons (Fsp3) is 0.857. The molecule has 0 aromatic heterocycles. The van der Waals surface area contributed by atoms with Gasteiger partial charge in [0.1, 0.15) is 11.9 Å². The number of Topliss-reactive ketones (excluding diaryl/α,β-unsaturated/α-hetero) is 1. The Morgan fingerprint density at radius 1 is 1.12 bits per heavy atom. The molecule has 0 radical (unpaired) electrons. The summed E-state index contributed by atoms with van der Waals surface area (Å²) in [5, 5.41) is 15.2. The molecule has 1 fully saturated rings. The average molecular weight is 593 g/mol. The highest BCUT2D eigenvalue weighted by Gasteiger charge is 2.37. The van der Waals surface area contributed by atoms with Gasteiger partial charge in [0, 0.05) is 44.8 Å². The molecule has 6 unspecified atom stereocenters. The first-order chi connectivity index (χ1) is 18.9. The molecule has 40 heavy (non-hydrogen) atoms. The minimum atomic E-state index is -3.33. The van der Waals surface area contributed by atoms with E-state index in [1.807, 2.05) is 6.92 Å². The number of hydrogen-bond donors (Lipinski definition) is 4. The van der Waals surface area contributed by atoms with Crippen molar-refractivity contribution >= 4 is 31.6 Å². The lowest BCUT2D eigenvalue weighted by atomic mass is 10.0. The minimum Gasteiger partial charge on any atom is -0.444 e. The molecule has 0 aliphatic carbocycles. The highest BCUT2D eigenvalue weighted by Crippen LogP contribution is 2.47. The predicted octanol–water partition coefficient (Wildman–Crippen LogP) is 3.96. The Kier molecular flexibility index (Phi) is 17.9. The van der Waals surface area contributed by atoms with Crippen LogP contribution in [0.3, 0.4) is 0 Å². The van der Waals surface area contributed by atoms with Gasteiger partial charge in [-0.1, -0.05) is 34.1 Å². The second-order valence-corrected chi connectivity index (χ2v) is 12.8. The normalized spacial score (nSPS) is 21.9. The van der Waals surface area contributed by atoms with Crippen LogP contribution in [0.25, 0.3) is 0 Å². The summed E-state index contributed by atoms with van der Waals surface area (Å²) in [6.07, 6.45) is 7.06. The first kappa shape index (κ1) is 36.5. The molecule has 0 aromatic carbocycles. The van der Waals surface area contributed by atoms with Gasteiger partial charge in [0.15, 0.2) is 0 Å². The van der Waals surface area contributed by atoms with Crippen molar-refractivity contribution in [3.8, 4) is 0 Å². The fourth-order valence-corrected chi connectivity index (χ4v) is 5.54. The fourth-order valence-electron chi connectivity index (χ4n) is 4.39. The molecule has 0 spiro atoms. The summed E-state index contributed by atoms with van der Waals surface area (Å²) >= 11 is 0. The molecule has 11 nitrogen and oxygen atoms in total. The maximum Gasteiger partial charge on any atom is 0.407 e. The Morgan fingerprint density at radius 3 is 2.48 bits per heavy atom. The van der Waals surface area contributed by atoms with E-state index in [1.165, 1.54) is 0 Å². The van der Waals surface area contributed by atoms with Crippen LogP contribution in [0.5, 0.6) is 0 Å². The molecule has 1 aliphatic heterocycles. The van der Waals surface area contributed by atoms with E-state index in [-0.39, 0.29) is 62.1 Å². The number of ether oxygens (including phenoxy) is 2. The zero-order valence-electron chi connectivity index (χ0n) is 25.1. The smallest absolute Gasteiger partial charge is 0.407 e. The SMILES string of the molecule is C=P(O)(OCC(CO)CCCCNC(=O)OC(CCC(=O)CC)CNC(=O)CC)OC1CC(C)OC1CC(C)C. The Labute approximate surface area is 240 Å². The van der Waals surface area contributed by atoms with Gasteiger partial charge in [0.25, 0.3) is 0 Å². The Hall–Kier alpha value is -1.49. The maximum atomic E-state index is 12.2. The Bertz CT molecular complexity index is 791. The molecule has 12 heteroatoms. The monoisotopic (exact) mass is 592 g/mol. The van der Waals surface area contributed by atoms with Crippen LogP contribution in [-0.2, 0) is 28.1 Å². The summed E-state index contributed by atoms with van der Waals surface area (Å²) in [6.45, 7) is 10.2. The van der Waals surface area contributed by atoms with E-state index in [0.29, 0.717) is 57.4 Å². The number of hydrogen-bond acceptors (Lipinski definition) is 9. The molecule has 234 valence electrons. The Morgan fingerprint density at radius 2 is 1.85 bits per heavy atom. The van der Waals surface area contributed by atoms with Gasteiger partial charge in [-0.15, -0.1) is 0 Å². The summed E-state index contributed by atoms with van der Waals surface area (Å²) in [5.74, 6) is 0.139. The van der Waals surface area contributed by atoms with Crippen molar-refractivity contribution in [2.45, 2.75) is 117 Å². The second kappa shape index (κ2) is 19.6. The molecule has 1 heterocycles. The molecule has 1 rings (SSSR count). The third-order valence-electron chi connectivity index (χ3n) is 6.73. The highest BCUT2D eigenvalue weighted by molar-refractivity contribution is 7.58. The molecule has 0 saturated carbocycles. The van der Waals surface area contributed by atoms with Gasteiger partial charge in [0.2, 0.25) is 13.5 Å². The molecule has 6 atom stereocenters. The summed E-state index contributed by atoms with van der Waals surface area (Å²) in [7, 11) is -3.33. The van der Waals surface area contributed by atoms with Gasteiger partial charge in [-0.05, 0) is 44.8 Å². The third-order valence-corrected chi connectivity index (χ3v) is 7.88. The van der Waals surface area contributed by atoms with E-state index in [9.17, 15) is 24.4 Å². The first-order valence-electron chi connectivity index (χ1n) is 14.7.